The molecule has 308 valence electrons. The summed E-state index contributed by atoms with van der Waals surface area (Å²) in [6.07, 6.45) is 14.5. The number of rotatable bonds is 14. The summed E-state index contributed by atoms with van der Waals surface area (Å²) in [5, 5.41) is 16.0. The smallest absolute Gasteiger partial charge is 0.293 e. The molecule has 1 amide bonds. The molecule has 2 unspecified atom stereocenters. The summed E-state index contributed by atoms with van der Waals surface area (Å²) in [5.41, 5.74) is 5.36. The molecule has 0 bridgehead atoms. The second-order valence-electron chi connectivity index (χ2n) is 15.7. The molecule has 5 aromatic rings. The van der Waals surface area contributed by atoms with E-state index in [1.54, 1.807) is 24.4 Å². The van der Waals surface area contributed by atoms with Gasteiger partial charge in [-0.15, -0.1) is 0 Å². The van der Waals surface area contributed by atoms with Gasteiger partial charge in [-0.2, -0.15) is 0 Å². The first-order chi connectivity index (χ1) is 28.7. The molecule has 0 radical (unpaired) electrons. The number of nitro benzene ring substituents is 1. The zero-order chi connectivity index (χ0) is 40.9. The molecule has 14 heteroatoms. The molecule has 3 aliphatic rings. The van der Waals surface area contributed by atoms with Gasteiger partial charge >= 0.3 is 0 Å². The van der Waals surface area contributed by atoms with Crippen molar-refractivity contribution in [3.8, 4) is 11.5 Å². The van der Waals surface area contributed by atoms with Crippen LogP contribution in [0.1, 0.15) is 91.4 Å². The fourth-order valence-electron chi connectivity index (χ4n) is 8.82. The van der Waals surface area contributed by atoms with Crippen molar-refractivity contribution in [3.63, 3.8) is 0 Å². The van der Waals surface area contributed by atoms with Crippen LogP contribution in [0.2, 0.25) is 0 Å². The van der Waals surface area contributed by atoms with Crippen molar-refractivity contribution in [3.05, 3.63) is 124 Å². The quantitative estimate of drug-likeness (QED) is 0.0727. The summed E-state index contributed by atoms with van der Waals surface area (Å²) in [5.74, 6) is -0.136. The monoisotopic (exact) mass is 818 g/mol. The number of hydrogen-bond acceptors (Lipinski definition) is 10. The van der Waals surface area contributed by atoms with Gasteiger partial charge in [0.05, 0.1) is 21.6 Å². The molecule has 2 aromatic heterocycles. The highest BCUT2D eigenvalue weighted by atomic mass is 32.2. The SMILES string of the molecule is CCCc1ccccc1C1CCCN1C1CC=C(c2ccc(C(=O)NS(=O)(=O)c3ccc(NCC4CCOCC4)c([N+](=O)[O-])c3)c(Oc3cnc4[nH]ccc4c3)c2)CC1. The molecular weight excluding hydrogens is 769 g/mol. The molecular formula is C45H50N6O7S. The molecule has 3 N–H and O–H groups in total. The minimum atomic E-state index is -4.54. The van der Waals surface area contributed by atoms with E-state index in [-0.39, 0.29) is 22.9 Å². The topological polar surface area (TPSA) is 169 Å². The Kier molecular flexibility index (Phi) is 12.1. The molecule has 2 fully saturated rings. The normalized spacial score (nSPS) is 19.0. The van der Waals surface area contributed by atoms with Crippen molar-refractivity contribution >= 4 is 43.9 Å². The Balaban J connectivity index is 1.03. The van der Waals surface area contributed by atoms with Crippen molar-refractivity contribution in [2.75, 3.05) is 31.6 Å². The molecule has 1 aliphatic carbocycles. The number of ether oxygens (including phenoxy) is 2. The summed E-state index contributed by atoms with van der Waals surface area (Å²) in [7, 11) is -4.54. The number of aryl methyl sites for hydroxylation is 1. The van der Waals surface area contributed by atoms with E-state index >= 15 is 0 Å². The number of nitro groups is 1. The maximum Gasteiger partial charge on any atom is 0.293 e. The summed E-state index contributed by atoms with van der Waals surface area (Å²) >= 11 is 0. The molecule has 2 atom stereocenters. The van der Waals surface area contributed by atoms with Crippen LogP contribution in [0.4, 0.5) is 11.4 Å². The number of carbonyl (C=O) groups excluding carboxylic acids is 1. The largest absolute Gasteiger partial charge is 0.455 e. The van der Waals surface area contributed by atoms with Crippen molar-refractivity contribution in [1.29, 1.82) is 0 Å². The zero-order valence-corrected chi connectivity index (χ0v) is 34.0. The van der Waals surface area contributed by atoms with E-state index in [1.165, 1.54) is 35.9 Å². The number of H-pyrrole nitrogens is 1. The molecule has 3 aromatic carbocycles. The number of amides is 1. The Labute approximate surface area is 344 Å². The molecule has 59 heavy (non-hydrogen) atoms. The van der Waals surface area contributed by atoms with Gasteiger partial charge in [0.25, 0.3) is 21.6 Å². The molecule has 0 spiro atoms. The van der Waals surface area contributed by atoms with Crippen LogP contribution in [0.5, 0.6) is 11.5 Å². The maximum absolute atomic E-state index is 13.9. The number of benzene rings is 3. The first-order valence-electron chi connectivity index (χ1n) is 20.6. The number of pyridine rings is 1. The summed E-state index contributed by atoms with van der Waals surface area (Å²) in [6, 6.07) is 22.1. The van der Waals surface area contributed by atoms with Crippen molar-refractivity contribution in [2.24, 2.45) is 5.92 Å². The van der Waals surface area contributed by atoms with E-state index in [2.05, 4.69) is 62.2 Å². The zero-order valence-electron chi connectivity index (χ0n) is 33.2. The van der Waals surface area contributed by atoms with Gasteiger partial charge in [0.2, 0.25) is 0 Å². The number of nitrogens with zero attached hydrogens (tertiary/aromatic N) is 3. The van der Waals surface area contributed by atoms with Crippen molar-refractivity contribution < 1.29 is 27.6 Å². The van der Waals surface area contributed by atoms with Crippen molar-refractivity contribution in [2.45, 2.75) is 81.7 Å². The third-order valence-electron chi connectivity index (χ3n) is 11.9. The minimum absolute atomic E-state index is 0.0179. The lowest BCUT2D eigenvalue weighted by Crippen LogP contribution is -2.36. The lowest BCUT2D eigenvalue weighted by molar-refractivity contribution is -0.384. The average molecular weight is 819 g/mol. The molecule has 2 saturated heterocycles. The van der Waals surface area contributed by atoms with Gasteiger partial charge in [-0.25, -0.2) is 18.1 Å². The second-order valence-corrected chi connectivity index (χ2v) is 17.4. The van der Waals surface area contributed by atoms with Crippen LogP contribution < -0.4 is 14.8 Å². The first kappa shape index (κ1) is 40.2. The number of aromatic nitrogens is 2. The van der Waals surface area contributed by atoms with E-state index in [0.717, 1.165) is 80.5 Å². The average Bonchev–Trinajstić information content (AvgIpc) is 3.94. The lowest BCUT2D eigenvalue weighted by atomic mass is 9.88. The van der Waals surface area contributed by atoms with Crippen LogP contribution in [-0.4, -0.2) is 66.5 Å². The highest BCUT2D eigenvalue weighted by molar-refractivity contribution is 7.90. The fraction of sp³-hybridized carbons (Fsp3) is 0.378. The number of nitrogens with one attached hydrogen (secondary N) is 3. The summed E-state index contributed by atoms with van der Waals surface area (Å²) < 4.78 is 41.2. The molecule has 8 rings (SSSR count). The second kappa shape index (κ2) is 17.7. The minimum Gasteiger partial charge on any atom is -0.455 e. The molecule has 0 saturated carbocycles. The van der Waals surface area contributed by atoms with Crippen LogP contribution in [0, 0.1) is 16.0 Å². The maximum atomic E-state index is 13.9. The highest BCUT2D eigenvalue weighted by Gasteiger charge is 2.34. The molecule has 4 heterocycles. The standard InChI is InChI=1S/C45H50N6O7S/c1-2-6-32-7-3-4-8-38(32)41-9-5-22-50(41)35-13-10-31(11-14-35)33-12-16-39(43(26-33)58-36-25-34-18-21-46-44(34)48-29-36)45(52)49-59(55,56)37-15-17-40(42(27-37)51(53)54)47-28-30-19-23-57-24-20-30/h3-4,7-8,10,12,15-18,21,25-27,29-30,35,41,47H,2,5-6,9,11,13-14,19-20,22-24,28H2,1H3,(H,46,48)(H,49,52). The lowest BCUT2D eigenvalue weighted by Gasteiger charge is -2.36. The Morgan fingerprint density at radius 2 is 1.90 bits per heavy atom. The molecule has 13 nitrogen and oxygen atoms in total. The number of sulfonamides is 1. The van der Waals surface area contributed by atoms with Crippen LogP contribution in [0.25, 0.3) is 16.6 Å². The third-order valence-corrected chi connectivity index (χ3v) is 13.2. The molecule has 2 aliphatic heterocycles. The number of aromatic amines is 1. The fourth-order valence-corrected chi connectivity index (χ4v) is 9.80. The van der Waals surface area contributed by atoms with Gasteiger partial charge < -0.3 is 19.8 Å². The van der Waals surface area contributed by atoms with Crippen LogP contribution in [-0.2, 0) is 21.2 Å². The number of carbonyl (C=O) groups is 1. The van der Waals surface area contributed by atoms with Gasteiger partial charge in [-0.05, 0) is 122 Å². The van der Waals surface area contributed by atoms with Crippen molar-refractivity contribution in [1.82, 2.24) is 19.6 Å². The van der Waals surface area contributed by atoms with E-state index in [9.17, 15) is 23.3 Å². The Morgan fingerprint density at radius 1 is 1.05 bits per heavy atom. The van der Waals surface area contributed by atoms with Crippen LogP contribution >= 0.6 is 0 Å². The Hall–Kier alpha value is -5.57. The number of likely N-dealkylation sites (tertiary alicyclic amines) is 1. The van der Waals surface area contributed by atoms with Gasteiger partial charge in [-0.3, -0.25) is 19.8 Å². The predicted octanol–water partition coefficient (Wildman–Crippen LogP) is 8.95. The van der Waals surface area contributed by atoms with Crippen LogP contribution in [0.3, 0.4) is 0 Å². The van der Waals surface area contributed by atoms with Gasteiger partial charge in [0, 0.05) is 49.5 Å². The highest BCUT2D eigenvalue weighted by Crippen LogP contribution is 2.41. The van der Waals surface area contributed by atoms with Gasteiger partial charge in [-0.1, -0.05) is 49.8 Å². The number of hydrogen-bond donors (Lipinski definition) is 3. The van der Waals surface area contributed by atoms with Gasteiger partial charge in [0.15, 0.2) is 0 Å². The van der Waals surface area contributed by atoms with Gasteiger partial charge in [0.1, 0.15) is 22.8 Å². The van der Waals surface area contributed by atoms with E-state index in [1.807, 2.05) is 12.1 Å². The summed E-state index contributed by atoms with van der Waals surface area (Å²) in [6.45, 7) is 5.06. The first-order valence-corrected chi connectivity index (χ1v) is 22.1. The predicted molar refractivity (Wildman–Crippen MR) is 227 cm³/mol. The van der Waals surface area contributed by atoms with E-state index in [4.69, 9.17) is 9.47 Å². The van der Waals surface area contributed by atoms with E-state index < -0.39 is 31.4 Å². The Bertz CT molecular complexity index is 2480. The number of allylic oxidation sites excluding steroid dienone is 1. The Morgan fingerprint density at radius 3 is 2.69 bits per heavy atom. The number of anilines is 1. The van der Waals surface area contributed by atoms with E-state index in [0.29, 0.717) is 43.2 Å². The number of fused-ring (bicyclic) bond motifs is 1. The third kappa shape index (κ3) is 9.04. The summed E-state index contributed by atoms with van der Waals surface area (Å²) in [4.78, 5) is 35.1. The van der Waals surface area contributed by atoms with Crippen LogP contribution in [0.15, 0.2) is 96.2 Å².